The van der Waals surface area contributed by atoms with E-state index in [0.717, 1.165) is 29.5 Å². The van der Waals surface area contributed by atoms with E-state index in [1.807, 2.05) is 30.8 Å². The second-order valence-corrected chi connectivity index (χ2v) is 8.17. The van der Waals surface area contributed by atoms with Gasteiger partial charge in [0, 0.05) is 42.0 Å². The molecule has 4 aromatic heterocycles. The lowest BCUT2D eigenvalue weighted by atomic mass is 10.1. The molecule has 1 amide bonds. The number of rotatable bonds is 7. The van der Waals surface area contributed by atoms with Crippen LogP contribution in [0.4, 0.5) is 5.95 Å². The zero-order valence-electron chi connectivity index (χ0n) is 18.2. The third-order valence-corrected chi connectivity index (χ3v) is 5.64. The molecule has 4 rings (SSSR count). The first kappa shape index (κ1) is 21.8. The van der Waals surface area contributed by atoms with Crippen LogP contribution in [-0.4, -0.2) is 41.3 Å². The van der Waals surface area contributed by atoms with Crippen molar-refractivity contribution in [2.75, 3.05) is 5.73 Å². The molecule has 0 saturated carbocycles. The Morgan fingerprint density at radius 2 is 1.97 bits per heavy atom. The van der Waals surface area contributed by atoms with Crippen molar-refractivity contribution in [2.45, 2.75) is 45.7 Å². The van der Waals surface area contributed by atoms with Gasteiger partial charge in [0.25, 0.3) is 5.91 Å². The number of pyridine rings is 2. The predicted octanol–water partition coefficient (Wildman–Crippen LogP) is 3.75. The quantitative estimate of drug-likeness (QED) is 0.441. The van der Waals surface area contributed by atoms with Crippen LogP contribution >= 0.6 is 11.6 Å². The molecule has 0 radical (unpaired) electrons. The number of aromatic nitrogens is 6. The van der Waals surface area contributed by atoms with E-state index in [1.54, 1.807) is 30.9 Å². The minimum atomic E-state index is -0.220. The van der Waals surface area contributed by atoms with E-state index >= 15 is 0 Å². The zero-order valence-corrected chi connectivity index (χ0v) is 18.9. The van der Waals surface area contributed by atoms with Crippen molar-refractivity contribution in [3.63, 3.8) is 0 Å². The molecular weight excluding hydrogens is 428 g/mol. The molecule has 32 heavy (non-hydrogen) atoms. The minimum Gasteiger partial charge on any atom is -0.366 e. The van der Waals surface area contributed by atoms with Gasteiger partial charge in [0.2, 0.25) is 5.95 Å². The largest absolute Gasteiger partial charge is 0.366 e. The standard InChI is InChI=1S/C22H25ClN8O/c1-4-13(3)27-21(32)18-7-15(11-31-20(18)28-22(24)29-31)16-9-26-30(12-16)19(5-2)14-6-17(23)10-25-8-14/h6-13,19H,4-5H2,1-3H3,(H2,24,29)(H,27,32)/t13-,19-/m0/s1. The first-order chi connectivity index (χ1) is 15.4. The van der Waals surface area contributed by atoms with E-state index in [1.165, 1.54) is 4.52 Å². The summed E-state index contributed by atoms with van der Waals surface area (Å²) in [5.41, 5.74) is 9.22. The number of hydrogen-bond donors (Lipinski definition) is 2. The number of anilines is 1. The van der Waals surface area contributed by atoms with Crippen molar-refractivity contribution in [1.82, 2.24) is 34.7 Å². The molecule has 3 N–H and O–H groups in total. The van der Waals surface area contributed by atoms with Crippen molar-refractivity contribution in [3.05, 3.63) is 59.3 Å². The van der Waals surface area contributed by atoms with Crippen LogP contribution in [0.5, 0.6) is 0 Å². The van der Waals surface area contributed by atoms with Gasteiger partial charge < -0.3 is 11.1 Å². The maximum atomic E-state index is 12.9. The highest BCUT2D eigenvalue weighted by Gasteiger charge is 2.19. The van der Waals surface area contributed by atoms with E-state index in [0.29, 0.717) is 16.2 Å². The average molecular weight is 453 g/mol. The van der Waals surface area contributed by atoms with Crippen LogP contribution in [0.15, 0.2) is 43.1 Å². The number of nitrogens with one attached hydrogen (secondary N) is 1. The molecule has 10 heteroatoms. The van der Waals surface area contributed by atoms with E-state index in [2.05, 4.69) is 32.4 Å². The molecule has 0 fully saturated rings. The van der Waals surface area contributed by atoms with Gasteiger partial charge in [-0.25, -0.2) is 4.52 Å². The lowest BCUT2D eigenvalue weighted by Crippen LogP contribution is -2.32. The summed E-state index contributed by atoms with van der Waals surface area (Å²) in [6.07, 6.45) is 10.5. The Balaban J connectivity index is 1.74. The Morgan fingerprint density at radius 3 is 2.69 bits per heavy atom. The van der Waals surface area contributed by atoms with Crippen LogP contribution in [0.25, 0.3) is 16.8 Å². The van der Waals surface area contributed by atoms with Crippen LogP contribution in [0.3, 0.4) is 0 Å². The van der Waals surface area contributed by atoms with E-state index in [9.17, 15) is 4.79 Å². The van der Waals surface area contributed by atoms with Crippen molar-refractivity contribution in [1.29, 1.82) is 0 Å². The van der Waals surface area contributed by atoms with Gasteiger partial charge in [-0.3, -0.25) is 14.5 Å². The smallest absolute Gasteiger partial charge is 0.255 e. The lowest BCUT2D eigenvalue weighted by Gasteiger charge is -2.16. The molecular formula is C22H25ClN8O. The van der Waals surface area contributed by atoms with Crippen molar-refractivity contribution >= 4 is 29.1 Å². The van der Waals surface area contributed by atoms with Crippen LogP contribution in [0.1, 0.15) is 55.6 Å². The number of amides is 1. The summed E-state index contributed by atoms with van der Waals surface area (Å²) in [5, 5.41) is 12.3. The first-order valence-corrected chi connectivity index (χ1v) is 10.9. The highest BCUT2D eigenvalue weighted by Crippen LogP contribution is 2.27. The first-order valence-electron chi connectivity index (χ1n) is 10.5. The summed E-state index contributed by atoms with van der Waals surface area (Å²) in [4.78, 5) is 21.3. The van der Waals surface area contributed by atoms with Gasteiger partial charge >= 0.3 is 0 Å². The van der Waals surface area contributed by atoms with Gasteiger partial charge in [0.1, 0.15) is 0 Å². The lowest BCUT2D eigenvalue weighted by molar-refractivity contribution is 0.0940. The number of nitrogen functional groups attached to an aromatic ring is 1. The molecule has 166 valence electrons. The van der Waals surface area contributed by atoms with Crippen molar-refractivity contribution in [3.8, 4) is 11.1 Å². The second-order valence-electron chi connectivity index (χ2n) is 7.73. The summed E-state index contributed by atoms with van der Waals surface area (Å²) in [5.74, 6) is -0.114. The molecule has 4 aromatic rings. The molecule has 9 nitrogen and oxygen atoms in total. The van der Waals surface area contributed by atoms with Gasteiger partial charge in [-0.15, -0.1) is 5.10 Å². The van der Waals surface area contributed by atoms with Gasteiger partial charge in [-0.1, -0.05) is 25.4 Å². The highest BCUT2D eigenvalue weighted by atomic mass is 35.5. The fourth-order valence-electron chi connectivity index (χ4n) is 3.57. The number of halogens is 1. The minimum absolute atomic E-state index is 0.0196. The van der Waals surface area contributed by atoms with Crippen molar-refractivity contribution < 1.29 is 4.79 Å². The average Bonchev–Trinajstić information content (AvgIpc) is 3.39. The zero-order chi connectivity index (χ0) is 22.8. The predicted molar refractivity (Wildman–Crippen MR) is 124 cm³/mol. The number of fused-ring (bicyclic) bond motifs is 1. The molecule has 0 spiro atoms. The number of hydrogen-bond acceptors (Lipinski definition) is 6. The Morgan fingerprint density at radius 1 is 1.16 bits per heavy atom. The molecule has 0 aromatic carbocycles. The SMILES string of the molecule is CC[C@H](C)NC(=O)c1cc(-c2cnn([C@@H](CC)c3cncc(Cl)c3)c2)cn2nc(N)nc12. The highest BCUT2D eigenvalue weighted by molar-refractivity contribution is 6.30. The topological polar surface area (TPSA) is 116 Å². The van der Waals surface area contributed by atoms with E-state index in [4.69, 9.17) is 17.3 Å². The molecule has 2 atom stereocenters. The fraction of sp³-hybridized carbons (Fsp3) is 0.318. The Bertz CT molecular complexity index is 1260. The van der Waals surface area contributed by atoms with E-state index < -0.39 is 0 Å². The summed E-state index contributed by atoms with van der Waals surface area (Å²) in [6.45, 7) is 6.05. The van der Waals surface area contributed by atoms with Crippen LogP contribution in [-0.2, 0) is 0 Å². The van der Waals surface area contributed by atoms with Gasteiger partial charge in [-0.05, 0) is 37.5 Å². The van der Waals surface area contributed by atoms with Crippen molar-refractivity contribution in [2.24, 2.45) is 0 Å². The van der Waals surface area contributed by atoms with E-state index in [-0.39, 0.29) is 23.9 Å². The number of nitrogens with two attached hydrogens (primary N) is 1. The second kappa shape index (κ2) is 8.96. The molecule has 0 unspecified atom stereocenters. The van der Waals surface area contributed by atoms with Gasteiger partial charge in [0.05, 0.1) is 22.8 Å². The summed E-state index contributed by atoms with van der Waals surface area (Å²) in [7, 11) is 0. The molecule has 0 aliphatic heterocycles. The molecule has 4 heterocycles. The van der Waals surface area contributed by atoms with Crippen LogP contribution in [0, 0.1) is 0 Å². The number of carbonyl (C=O) groups excluding carboxylic acids is 1. The Labute approximate surface area is 190 Å². The Kier molecular flexibility index (Phi) is 6.09. The number of carbonyl (C=O) groups is 1. The fourth-order valence-corrected chi connectivity index (χ4v) is 3.76. The van der Waals surface area contributed by atoms with Gasteiger partial charge in [-0.2, -0.15) is 10.1 Å². The van der Waals surface area contributed by atoms with Crippen LogP contribution in [0.2, 0.25) is 5.02 Å². The summed E-state index contributed by atoms with van der Waals surface area (Å²) in [6, 6.07) is 3.70. The number of nitrogens with zero attached hydrogens (tertiary/aromatic N) is 6. The van der Waals surface area contributed by atoms with Gasteiger partial charge in [0.15, 0.2) is 5.65 Å². The molecule has 0 aliphatic carbocycles. The van der Waals surface area contributed by atoms with Crippen LogP contribution < -0.4 is 11.1 Å². The third kappa shape index (κ3) is 4.29. The maximum absolute atomic E-state index is 12.9. The third-order valence-electron chi connectivity index (χ3n) is 5.44. The maximum Gasteiger partial charge on any atom is 0.255 e. The summed E-state index contributed by atoms with van der Waals surface area (Å²) < 4.78 is 3.41. The normalized spacial score (nSPS) is 13.2. The summed E-state index contributed by atoms with van der Waals surface area (Å²) >= 11 is 6.13. The monoisotopic (exact) mass is 452 g/mol. The Hall–Kier alpha value is -3.46. The molecule has 0 aliphatic rings. The molecule has 0 saturated heterocycles. The molecule has 0 bridgehead atoms.